The highest BCUT2D eigenvalue weighted by molar-refractivity contribution is 5.94. The van der Waals surface area contributed by atoms with E-state index in [-0.39, 0.29) is 23.7 Å². The minimum absolute atomic E-state index is 0.0236. The zero-order valence-corrected chi connectivity index (χ0v) is 18.7. The van der Waals surface area contributed by atoms with Crippen LogP contribution in [0.25, 0.3) is 17.2 Å². The Kier molecular flexibility index (Phi) is 6.03. The first-order valence-corrected chi connectivity index (χ1v) is 11.3. The van der Waals surface area contributed by atoms with Crippen LogP contribution in [-0.4, -0.2) is 38.3 Å². The number of halogens is 1. The zero-order valence-electron chi connectivity index (χ0n) is 18.7. The van der Waals surface area contributed by atoms with Crippen molar-refractivity contribution >= 4 is 5.91 Å². The molecule has 2 aromatic carbocycles. The average molecular weight is 458 g/mol. The SMILES string of the molecule is CCOc1ccc(-c2nnc([C@H]3C[C@H](NC(=O)c4ccccc4)C3)n2-c2ccccc2F)nc1. The van der Waals surface area contributed by atoms with Crippen LogP contribution in [0.2, 0.25) is 0 Å². The van der Waals surface area contributed by atoms with Crippen molar-refractivity contribution in [2.45, 2.75) is 31.7 Å². The van der Waals surface area contributed by atoms with Crippen molar-refractivity contribution in [3.63, 3.8) is 0 Å². The maximum absolute atomic E-state index is 14.8. The molecule has 7 nitrogen and oxygen atoms in total. The number of nitrogens with one attached hydrogen (secondary N) is 1. The highest BCUT2D eigenvalue weighted by atomic mass is 19.1. The van der Waals surface area contributed by atoms with E-state index in [1.807, 2.05) is 31.2 Å². The molecule has 8 heteroatoms. The molecule has 172 valence electrons. The van der Waals surface area contributed by atoms with Crippen LogP contribution in [-0.2, 0) is 0 Å². The van der Waals surface area contributed by atoms with Crippen LogP contribution in [0.15, 0.2) is 72.9 Å². The lowest BCUT2D eigenvalue weighted by Gasteiger charge is -2.35. The normalized spacial score (nSPS) is 17.1. The second kappa shape index (κ2) is 9.43. The van der Waals surface area contributed by atoms with Crippen molar-refractivity contribution in [2.24, 2.45) is 0 Å². The van der Waals surface area contributed by atoms with Crippen molar-refractivity contribution in [1.29, 1.82) is 0 Å². The van der Waals surface area contributed by atoms with E-state index >= 15 is 0 Å². The van der Waals surface area contributed by atoms with Gasteiger partial charge in [-0.3, -0.25) is 9.36 Å². The highest BCUT2D eigenvalue weighted by Gasteiger charge is 2.36. The Hall–Kier alpha value is -4.07. The van der Waals surface area contributed by atoms with Crippen LogP contribution in [0.4, 0.5) is 4.39 Å². The Bertz CT molecular complexity index is 1280. The van der Waals surface area contributed by atoms with Gasteiger partial charge in [0.2, 0.25) is 0 Å². The molecule has 34 heavy (non-hydrogen) atoms. The third kappa shape index (κ3) is 4.26. The van der Waals surface area contributed by atoms with Gasteiger partial charge in [0.25, 0.3) is 5.91 Å². The molecule has 2 aromatic heterocycles. The van der Waals surface area contributed by atoms with Crippen molar-refractivity contribution in [2.75, 3.05) is 6.61 Å². The number of rotatable bonds is 7. The van der Waals surface area contributed by atoms with Crippen molar-refractivity contribution < 1.29 is 13.9 Å². The fraction of sp³-hybridized carbons (Fsp3) is 0.231. The van der Waals surface area contributed by atoms with Gasteiger partial charge in [0.05, 0.1) is 18.5 Å². The average Bonchev–Trinajstić information content (AvgIpc) is 3.26. The van der Waals surface area contributed by atoms with Crippen LogP contribution in [0.5, 0.6) is 5.75 Å². The molecule has 0 bridgehead atoms. The first kappa shape index (κ1) is 21.8. The lowest BCUT2D eigenvalue weighted by atomic mass is 9.79. The molecule has 1 N–H and O–H groups in total. The van der Waals surface area contributed by atoms with Gasteiger partial charge in [-0.1, -0.05) is 30.3 Å². The fourth-order valence-electron chi connectivity index (χ4n) is 4.17. The molecule has 0 aliphatic heterocycles. The van der Waals surface area contributed by atoms with Crippen LogP contribution >= 0.6 is 0 Å². The number of nitrogens with zero attached hydrogens (tertiary/aromatic N) is 4. The summed E-state index contributed by atoms with van der Waals surface area (Å²) in [4.78, 5) is 16.9. The Morgan fingerprint density at radius 3 is 2.53 bits per heavy atom. The van der Waals surface area contributed by atoms with E-state index in [9.17, 15) is 9.18 Å². The summed E-state index contributed by atoms with van der Waals surface area (Å²) < 4.78 is 22.1. The molecule has 4 aromatic rings. The number of amides is 1. The van der Waals surface area contributed by atoms with Gasteiger partial charge >= 0.3 is 0 Å². The number of aromatic nitrogens is 4. The van der Waals surface area contributed by atoms with E-state index in [0.29, 0.717) is 53.8 Å². The summed E-state index contributed by atoms with van der Waals surface area (Å²) in [6, 6.07) is 19.3. The predicted octanol–water partition coefficient (Wildman–Crippen LogP) is 4.54. The third-order valence-corrected chi connectivity index (χ3v) is 5.93. The van der Waals surface area contributed by atoms with Crippen molar-refractivity contribution in [3.8, 4) is 23.0 Å². The standard InChI is InChI=1S/C26H24FN5O2/c1-2-34-20-12-13-22(28-16-20)25-31-30-24(32(25)23-11-7-6-10-21(23)27)18-14-19(15-18)29-26(33)17-8-4-3-5-9-17/h3-13,16,18-19H,2,14-15H2,1H3,(H,29,33)/t18-,19-. The predicted molar refractivity (Wildman–Crippen MR) is 125 cm³/mol. The Labute approximate surface area is 196 Å². The van der Waals surface area contributed by atoms with Gasteiger partial charge in [0.1, 0.15) is 23.1 Å². The number of benzene rings is 2. The molecule has 1 aliphatic rings. The van der Waals surface area contributed by atoms with E-state index in [1.165, 1.54) is 6.07 Å². The van der Waals surface area contributed by atoms with Gasteiger partial charge < -0.3 is 10.1 Å². The number of carbonyl (C=O) groups excluding carboxylic acids is 1. The molecule has 1 amide bonds. The van der Waals surface area contributed by atoms with Gasteiger partial charge in [0, 0.05) is 17.5 Å². The van der Waals surface area contributed by atoms with E-state index in [0.717, 1.165) is 0 Å². The smallest absolute Gasteiger partial charge is 0.251 e. The van der Waals surface area contributed by atoms with Crippen molar-refractivity contribution in [1.82, 2.24) is 25.1 Å². The van der Waals surface area contributed by atoms with Gasteiger partial charge in [-0.25, -0.2) is 9.37 Å². The topological polar surface area (TPSA) is 81.9 Å². The highest BCUT2D eigenvalue weighted by Crippen LogP contribution is 2.39. The number of para-hydroxylation sites is 1. The second-order valence-electron chi connectivity index (χ2n) is 8.19. The Morgan fingerprint density at radius 2 is 1.82 bits per heavy atom. The summed E-state index contributed by atoms with van der Waals surface area (Å²) in [6.45, 7) is 2.45. The zero-order chi connectivity index (χ0) is 23.5. The summed E-state index contributed by atoms with van der Waals surface area (Å²) in [6.07, 6.45) is 3.01. The molecule has 0 unspecified atom stereocenters. The van der Waals surface area contributed by atoms with Crippen LogP contribution in [0, 0.1) is 5.82 Å². The molecule has 1 aliphatic carbocycles. The maximum Gasteiger partial charge on any atom is 0.251 e. The Morgan fingerprint density at radius 1 is 1.06 bits per heavy atom. The van der Waals surface area contributed by atoms with E-state index in [2.05, 4.69) is 20.5 Å². The van der Waals surface area contributed by atoms with Gasteiger partial charge in [0.15, 0.2) is 5.82 Å². The molecule has 1 saturated carbocycles. The largest absolute Gasteiger partial charge is 0.492 e. The third-order valence-electron chi connectivity index (χ3n) is 5.93. The molecular formula is C26H24FN5O2. The molecule has 5 rings (SSSR count). The second-order valence-corrected chi connectivity index (χ2v) is 8.19. The quantitative estimate of drug-likeness (QED) is 0.441. The molecule has 0 spiro atoms. The molecule has 1 fully saturated rings. The van der Waals surface area contributed by atoms with E-state index in [4.69, 9.17) is 4.74 Å². The lowest BCUT2D eigenvalue weighted by molar-refractivity contribution is 0.0907. The first-order valence-electron chi connectivity index (χ1n) is 11.3. The maximum atomic E-state index is 14.8. The molecule has 2 heterocycles. The minimum atomic E-state index is -0.371. The molecule has 0 atom stereocenters. The van der Waals surface area contributed by atoms with Crippen LogP contribution < -0.4 is 10.1 Å². The number of hydrogen-bond acceptors (Lipinski definition) is 5. The Balaban J connectivity index is 1.41. The van der Waals surface area contributed by atoms with Crippen LogP contribution in [0.1, 0.15) is 41.9 Å². The number of carbonyl (C=O) groups is 1. The van der Waals surface area contributed by atoms with Gasteiger partial charge in [-0.05, 0) is 56.2 Å². The fourth-order valence-corrected chi connectivity index (χ4v) is 4.17. The van der Waals surface area contributed by atoms with Crippen LogP contribution in [0.3, 0.4) is 0 Å². The molecule has 0 radical (unpaired) electrons. The van der Waals surface area contributed by atoms with Gasteiger partial charge in [-0.15, -0.1) is 10.2 Å². The molecular weight excluding hydrogens is 433 g/mol. The minimum Gasteiger partial charge on any atom is -0.492 e. The lowest BCUT2D eigenvalue weighted by Crippen LogP contribution is -2.44. The summed E-state index contributed by atoms with van der Waals surface area (Å²) in [5, 5.41) is 11.9. The molecule has 0 saturated heterocycles. The monoisotopic (exact) mass is 457 g/mol. The number of ether oxygens (including phenoxy) is 1. The number of pyridine rings is 1. The first-order chi connectivity index (χ1) is 16.6. The van der Waals surface area contributed by atoms with Gasteiger partial charge in [-0.2, -0.15) is 0 Å². The summed E-state index contributed by atoms with van der Waals surface area (Å²) in [5.74, 6) is 1.33. The summed E-state index contributed by atoms with van der Waals surface area (Å²) >= 11 is 0. The number of hydrogen-bond donors (Lipinski definition) is 1. The summed E-state index contributed by atoms with van der Waals surface area (Å²) in [7, 11) is 0. The summed E-state index contributed by atoms with van der Waals surface area (Å²) in [5.41, 5.74) is 1.56. The van der Waals surface area contributed by atoms with E-state index in [1.54, 1.807) is 47.2 Å². The van der Waals surface area contributed by atoms with E-state index < -0.39 is 0 Å². The van der Waals surface area contributed by atoms with Crippen molar-refractivity contribution in [3.05, 3.63) is 90.1 Å².